The fraction of sp³-hybridized carbons (Fsp3) is 0.500. The predicted molar refractivity (Wildman–Crippen MR) is 55.1 cm³/mol. The van der Waals surface area contributed by atoms with E-state index in [4.69, 9.17) is 0 Å². The van der Waals surface area contributed by atoms with Crippen LogP contribution in [0.25, 0.3) is 0 Å². The van der Waals surface area contributed by atoms with Crippen LogP contribution in [0.4, 0.5) is 0 Å². The molecule has 0 aromatic rings. The normalized spacial score (nSPS) is 28.0. The Balaban J connectivity index is 2.31. The summed E-state index contributed by atoms with van der Waals surface area (Å²) in [4.78, 5) is 0. The van der Waals surface area contributed by atoms with Gasteiger partial charge in [0, 0.05) is 0 Å². The van der Waals surface area contributed by atoms with Crippen LogP contribution in [0.5, 0.6) is 0 Å². The van der Waals surface area contributed by atoms with E-state index in [1.807, 2.05) is 0 Å². The Morgan fingerprint density at radius 3 is 2.25 bits per heavy atom. The van der Waals surface area contributed by atoms with E-state index in [-0.39, 0.29) is 0 Å². The summed E-state index contributed by atoms with van der Waals surface area (Å²) in [5, 5.41) is 0. The molecule has 0 saturated heterocycles. The first-order valence-electron chi connectivity index (χ1n) is 4.97. The lowest BCUT2D eigenvalue weighted by Crippen LogP contribution is -1.75. The van der Waals surface area contributed by atoms with E-state index >= 15 is 0 Å². The average Bonchev–Trinajstić information content (AvgIpc) is 2.05. The Morgan fingerprint density at radius 2 is 1.33 bits per heavy atom. The second-order valence-electron chi connectivity index (χ2n) is 3.20. The van der Waals surface area contributed by atoms with Gasteiger partial charge in [-0.05, 0) is 32.1 Å². The molecular formula is C12H18. The maximum Gasteiger partial charge on any atom is -0.0166 e. The number of hydrogen-bond donors (Lipinski definition) is 0. The molecule has 0 bridgehead atoms. The van der Waals surface area contributed by atoms with Gasteiger partial charge in [0.05, 0.1) is 0 Å². The standard InChI is InChI=1S/C12H18/c1-2-4-6-8-10-12-11-9-7-5-3-1/h1-4,7,9H,5-6,8,10-12H2/b3-1-,4-2+,9-7-. The van der Waals surface area contributed by atoms with Crippen LogP contribution in [-0.2, 0) is 0 Å². The molecule has 0 aliphatic heterocycles. The molecule has 12 heavy (non-hydrogen) atoms. The highest BCUT2D eigenvalue weighted by molar-refractivity contribution is 5.05. The Bertz CT molecular complexity index is 172. The highest BCUT2D eigenvalue weighted by Crippen LogP contribution is 2.05. The van der Waals surface area contributed by atoms with Crippen molar-refractivity contribution in [2.75, 3.05) is 0 Å². The summed E-state index contributed by atoms with van der Waals surface area (Å²) in [7, 11) is 0. The van der Waals surface area contributed by atoms with E-state index in [1.54, 1.807) is 0 Å². The molecule has 0 heteroatoms. The maximum absolute atomic E-state index is 2.30. The monoisotopic (exact) mass is 162 g/mol. The molecule has 0 saturated carbocycles. The van der Waals surface area contributed by atoms with Crippen LogP contribution in [-0.4, -0.2) is 0 Å². The largest absolute Gasteiger partial charge is 0.0882 e. The van der Waals surface area contributed by atoms with Gasteiger partial charge >= 0.3 is 0 Å². The first-order valence-corrected chi connectivity index (χ1v) is 4.97. The van der Waals surface area contributed by atoms with E-state index < -0.39 is 0 Å². The summed E-state index contributed by atoms with van der Waals surface area (Å²) in [6, 6.07) is 0. The lowest BCUT2D eigenvalue weighted by Gasteiger charge is -1.95. The number of allylic oxidation sites excluding steroid dienone is 6. The molecule has 0 atom stereocenters. The molecule has 0 aromatic carbocycles. The van der Waals surface area contributed by atoms with Gasteiger partial charge in [-0.2, -0.15) is 0 Å². The quantitative estimate of drug-likeness (QED) is 0.472. The molecule has 1 aliphatic rings. The van der Waals surface area contributed by atoms with Gasteiger partial charge in [0.1, 0.15) is 0 Å². The van der Waals surface area contributed by atoms with Gasteiger partial charge in [-0.3, -0.25) is 0 Å². The molecule has 0 aromatic heterocycles. The topological polar surface area (TPSA) is 0 Å². The third-order valence-electron chi connectivity index (χ3n) is 2.06. The smallest absolute Gasteiger partial charge is 0.0166 e. The van der Waals surface area contributed by atoms with Crippen LogP contribution in [0.15, 0.2) is 36.5 Å². The summed E-state index contributed by atoms with van der Waals surface area (Å²) < 4.78 is 0. The molecule has 0 unspecified atom stereocenters. The lowest BCUT2D eigenvalue weighted by molar-refractivity contribution is 0.695. The van der Waals surface area contributed by atoms with Crippen LogP contribution >= 0.6 is 0 Å². The summed E-state index contributed by atoms with van der Waals surface area (Å²) >= 11 is 0. The Kier molecular flexibility index (Phi) is 5.35. The number of hydrogen-bond acceptors (Lipinski definition) is 0. The summed E-state index contributed by atoms with van der Waals surface area (Å²) in [5.74, 6) is 0. The zero-order chi connectivity index (χ0) is 8.49. The van der Waals surface area contributed by atoms with Crippen molar-refractivity contribution in [3.05, 3.63) is 36.5 Å². The third-order valence-corrected chi connectivity index (χ3v) is 2.06. The fourth-order valence-electron chi connectivity index (χ4n) is 1.33. The number of rotatable bonds is 0. The van der Waals surface area contributed by atoms with Crippen LogP contribution < -0.4 is 0 Å². The van der Waals surface area contributed by atoms with Crippen molar-refractivity contribution >= 4 is 0 Å². The molecule has 1 aliphatic carbocycles. The zero-order valence-corrected chi connectivity index (χ0v) is 7.71. The fourth-order valence-corrected chi connectivity index (χ4v) is 1.33. The van der Waals surface area contributed by atoms with Gasteiger partial charge < -0.3 is 0 Å². The molecule has 0 N–H and O–H groups in total. The lowest BCUT2D eigenvalue weighted by atomic mass is 10.1. The molecule has 1 rings (SSSR count). The van der Waals surface area contributed by atoms with E-state index in [0.29, 0.717) is 0 Å². The van der Waals surface area contributed by atoms with Gasteiger partial charge in [-0.1, -0.05) is 42.9 Å². The Labute approximate surface area is 75.7 Å². The minimum absolute atomic E-state index is 1.09. The molecule has 0 fully saturated rings. The average molecular weight is 162 g/mol. The van der Waals surface area contributed by atoms with Crippen LogP contribution in [0.1, 0.15) is 38.5 Å². The van der Waals surface area contributed by atoms with Crippen molar-refractivity contribution in [2.24, 2.45) is 0 Å². The van der Waals surface area contributed by atoms with E-state index in [1.165, 1.54) is 32.1 Å². The van der Waals surface area contributed by atoms with Gasteiger partial charge in [0.15, 0.2) is 0 Å². The molecule has 0 heterocycles. The van der Waals surface area contributed by atoms with Gasteiger partial charge in [-0.15, -0.1) is 0 Å². The maximum atomic E-state index is 2.30. The first-order chi connectivity index (χ1) is 6.00. The van der Waals surface area contributed by atoms with Crippen LogP contribution in [0.3, 0.4) is 0 Å². The van der Waals surface area contributed by atoms with Crippen molar-refractivity contribution in [3.8, 4) is 0 Å². The molecule has 0 radical (unpaired) electrons. The first kappa shape index (κ1) is 9.31. The van der Waals surface area contributed by atoms with Crippen molar-refractivity contribution in [1.82, 2.24) is 0 Å². The summed E-state index contributed by atoms with van der Waals surface area (Å²) in [6.07, 6.45) is 21.0. The van der Waals surface area contributed by atoms with Crippen molar-refractivity contribution < 1.29 is 0 Å². The van der Waals surface area contributed by atoms with Crippen molar-refractivity contribution in [1.29, 1.82) is 0 Å². The van der Waals surface area contributed by atoms with Gasteiger partial charge in [0.25, 0.3) is 0 Å². The SMILES string of the molecule is C1=C\C/C=C\CCCCC/C=C/1. The minimum Gasteiger partial charge on any atom is -0.0882 e. The second kappa shape index (κ2) is 6.90. The summed E-state index contributed by atoms with van der Waals surface area (Å²) in [5.41, 5.74) is 0. The van der Waals surface area contributed by atoms with Crippen LogP contribution in [0.2, 0.25) is 0 Å². The second-order valence-corrected chi connectivity index (χ2v) is 3.20. The summed E-state index contributed by atoms with van der Waals surface area (Å²) in [6.45, 7) is 0. The molecule has 66 valence electrons. The molecule has 0 amide bonds. The Hall–Kier alpha value is -0.780. The van der Waals surface area contributed by atoms with Gasteiger partial charge in [-0.25, -0.2) is 0 Å². The zero-order valence-electron chi connectivity index (χ0n) is 7.71. The van der Waals surface area contributed by atoms with E-state index in [9.17, 15) is 0 Å². The molecule has 0 nitrogen and oxygen atoms in total. The van der Waals surface area contributed by atoms with Gasteiger partial charge in [0.2, 0.25) is 0 Å². The molecular weight excluding hydrogens is 144 g/mol. The van der Waals surface area contributed by atoms with Crippen molar-refractivity contribution in [2.45, 2.75) is 38.5 Å². The predicted octanol–water partition coefficient (Wildman–Crippen LogP) is 4.01. The Morgan fingerprint density at radius 1 is 0.583 bits per heavy atom. The van der Waals surface area contributed by atoms with Crippen molar-refractivity contribution in [3.63, 3.8) is 0 Å². The van der Waals surface area contributed by atoms with E-state index in [2.05, 4.69) is 36.5 Å². The third kappa shape index (κ3) is 4.95. The van der Waals surface area contributed by atoms with E-state index in [0.717, 1.165) is 6.42 Å². The highest BCUT2D eigenvalue weighted by Gasteiger charge is 1.85. The van der Waals surface area contributed by atoms with Crippen LogP contribution in [0, 0.1) is 0 Å². The minimum atomic E-state index is 1.09. The highest BCUT2D eigenvalue weighted by atomic mass is 13.9. The molecule has 0 spiro atoms.